The SMILES string of the molecule is CCC(P)(P)CNC(=O)C1(CCCCCCC(CNC)NC(=O)c2ccccc2-n2cccc2)c2ccccc2-c2ccccc21. The Balaban J connectivity index is 1.22. The molecule has 3 unspecified atom stereocenters. The van der Waals surface area contributed by atoms with E-state index in [9.17, 15) is 9.59 Å². The predicted molar refractivity (Wildman–Crippen MR) is 197 cm³/mol. The fraction of sp³-hybridized carbons (Fsp3) is 0.368. The highest BCUT2D eigenvalue weighted by Gasteiger charge is 2.48. The second-order valence-corrected chi connectivity index (χ2v) is 15.5. The third kappa shape index (κ3) is 7.46. The largest absolute Gasteiger partial charge is 0.354 e. The highest BCUT2D eigenvalue weighted by molar-refractivity contribution is 7.40. The Hall–Kier alpha value is -3.30. The van der Waals surface area contributed by atoms with Crippen LogP contribution in [0.15, 0.2) is 97.3 Å². The predicted octanol–water partition coefficient (Wildman–Crippen LogP) is 7.08. The van der Waals surface area contributed by atoms with Crippen LogP contribution < -0.4 is 16.0 Å². The van der Waals surface area contributed by atoms with Gasteiger partial charge >= 0.3 is 0 Å². The third-order valence-corrected chi connectivity index (χ3v) is 10.6. The van der Waals surface area contributed by atoms with Crippen molar-refractivity contribution in [1.82, 2.24) is 20.5 Å². The summed E-state index contributed by atoms with van der Waals surface area (Å²) < 4.78 is 1.97. The molecule has 3 N–H and O–H groups in total. The van der Waals surface area contributed by atoms with Crippen molar-refractivity contribution in [1.29, 1.82) is 0 Å². The van der Waals surface area contributed by atoms with Crippen molar-refractivity contribution in [3.05, 3.63) is 114 Å². The Morgan fingerprint density at radius 2 is 1.43 bits per heavy atom. The fourth-order valence-electron chi connectivity index (χ4n) is 6.73. The van der Waals surface area contributed by atoms with Crippen LogP contribution in [0, 0.1) is 0 Å². The first-order valence-corrected chi connectivity index (χ1v) is 17.7. The van der Waals surface area contributed by atoms with Gasteiger partial charge in [0.2, 0.25) is 5.91 Å². The lowest BCUT2D eigenvalue weighted by Crippen LogP contribution is -2.47. The molecule has 6 nitrogen and oxygen atoms in total. The van der Waals surface area contributed by atoms with Crippen LogP contribution in [0.5, 0.6) is 0 Å². The number of carbonyl (C=O) groups excluding carboxylic acids is 2. The number of para-hydroxylation sites is 1. The molecule has 3 aromatic carbocycles. The number of amides is 2. The van der Waals surface area contributed by atoms with Gasteiger partial charge in [-0.25, -0.2) is 0 Å². The maximum absolute atomic E-state index is 14.3. The second kappa shape index (κ2) is 15.5. The van der Waals surface area contributed by atoms with E-state index < -0.39 is 5.41 Å². The molecule has 0 aliphatic heterocycles. The zero-order valence-electron chi connectivity index (χ0n) is 27.1. The number of hydrogen-bond donors (Lipinski definition) is 3. The minimum Gasteiger partial charge on any atom is -0.354 e. The number of carbonyl (C=O) groups is 2. The summed E-state index contributed by atoms with van der Waals surface area (Å²) in [5, 5.41) is 9.86. The lowest BCUT2D eigenvalue weighted by Gasteiger charge is -2.33. The summed E-state index contributed by atoms with van der Waals surface area (Å²) in [4.78, 5) is 27.5. The topological polar surface area (TPSA) is 75.2 Å². The summed E-state index contributed by atoms with van der Waals surface area (Å²) in [5.41, 5.74) is 5.38. The van der Waals surface area contributed by atoms with Crippen LogP contribution in [-0.4, -0.2) is 47.5 Å². The lowest BCUT2D eigenvalue weighted by molar-refractivity contribution is -0.125. The Bertz CT molecular complexity index is 1570. The molecule has 0 fully saturated rings. The molecule has 1 heterocycles. The molecule has 0 saturated heterocycles. The molecule has 4 aromatic rings. The first-order valence-electron chi connectivity index (χ1n) is 16.5. The number of unbranched alkanes of at least 4 members (excludes halogenated alkanes) is 3. The monoisotopic (exact) mass is 654 g/mol. The summed E-state index contributed by atoms with van der Waals surface area (Å²) in [6, 6.07) is 28.5. The summed E-state index contributed by atoms with van der Waals surface area (Å²) in [6.07, 6.45) is 10.5. The van der Waals surface area contributed by atoms with Crippen molar-refractivity contribution in [2.24, 2.45) is 0 Å². The molecule has 8 heteroatoms. The van der Waals surface area contributed by atoms with Crippen molar-refractivity contribution < 1.29 is 9.59 Å². The molecule has 1 aliphatic carbocycles. The molecule has 46 heavy (non-hydrogen) atoms. The molecule has 3 atom stereocenters. The maximum atomic E-state index is 14.3. The standard InChI is InChI=1S/C38H48N4O2P2/c1-3-37(45,46)27-40-36(44)38(32-20-10-7-17-29(32)30-18-8-11-21-33(30)38)23-13-5-4-6-16-28(26-39-2)41-35(43)31-19-9-12-22-34(31)42-24-14-15-25-42/h7-12,14-15,17-22,24-25,28,39H,3-6,13,16,23,26-27,45-46H2,1-2H3,(H,40,44)(H,41,43). The van der Waals surface area contributed by atoms with Crippen LogP contribution in [0.1, 0.15) is 73.4 Å². The molecule has 5 rings (SSSR count). The molecule has 0 radical (unpaired) electrons. The quantitative estimate of drug-likeness (QED) is 0.0894. The smallest absolute Gasteiger partial charge is 0.253 e. The van der Waals surface area contributed by atoms with Gasteiger partial charge in [-0.2, -0.15) is 0 Å². The van der Waals surface area contributed by atoms with Gasteiger partial charge in [-0.3, -0.25) is 9.59 Å². The number of nitrogens with one attached hydrogen (secondary N) is 3. The maximum Gasteiger partial charge on any atom is 0.253 e. The Labute approximate surface area is 278 Å². The van der Waals surface area contributed by atoms with Crippen LogP contribution in [0.25, 0.3) is 16.8 Å². The van der Waals surface area contributed by atoms with Gasteiger partial charge < -0.3 is 20.5 Å². The van der Waals surface area contributed by atoms with Crippen LogP contribution in [0.2, 0.25) is 0 Å². The number of rotatable bonds is 16. The molecule has 2 amide bonds. The first-order chi connectivity index (χ1) is 22.3. The van der Waals surface area contributed by atoms with Crippen molar-refractivity contribution in [3.63, 3.8) is 0 Å². The minimum atomic E-state index is -0.706. The van der Waals surface area contributed by atoms with E-state index >= 15 is 0 Å². The number of hydrogen-bond acceptors (Lipinski definition) is 3. The van der Waals surface area contributed by atoms with Gasteiger partial charge in [0.25, 0.3) is 5.91 Å². The van der Waals surface area contributed by atoms with E-state index in [1.54, 1.807) is 0 Å². The lowest BCUT2D eigenvalue weighted by atomic mass is 9.73. The number of aromatic nitrogens is 1. The van der Waals surface area contributed by atoms with E-state index in [4.69, 9.17) is 0 Å². The van der Waals surface area contributed by atoms with Crippen LogP contribution >= 0.6 is 18.5 Å². The zero-order valence-corrected chi connectivity index (χ0v) is 29.4. The number of likely N-dealkylation sites (N-methyl/N-ethyl adjacent to an activating group) is 1. The van der Waals surface area contributed by atoms with Gasteiger partial charge in [-0.15, -0.1) is 18.5 Å². The Kier molecular flexibility index (Phi) is 11.5. The first kappa shape index (κ1) is 34.0. The molecule has 1 aromatic heterocycles. The summed E-state index contributed by atoms with van der Waals surface area (Å²) in [7, 11) is 7.68. The summed E-state index contributed by atoms with van der Waals surface area (Å²) >= 11 is 0. The van der Waals surface area contributed by atoms with Crippen LogP contribution in [0.4, 0.5) is 0 Å². The molecular formula is C38H48N4O2P2. The summed E-state index contributed by atoms with van der Waals surface area (Å²) in [5.74, 6) is 0.0312. The second-order valence-electron chi connectivity index (χ2n) is 12.6. The molecule has 0 spiro atoms. The molecule has 0 saturated carbocycles. The van der Waals surface area contributed by atoms with Gasteiger partial charge in [-0.1, -0.05) is 93.3 Å². The van der Waals surface area contributed by atoms with Gasteiger partial charge in [0.15, 0.2) is 0 Å². The van der Waals surface area contributed by atoms with Crippen LogP contribution in [0.3, 0.4) is 0 Å². The van der Waals surface area contributed by atoms with E-state index in [-0.39, 0.29) is 22.8 Å². The van der Waals surface area contributed by atoms with E-state index in [0.29, 0.717) is 18.7 Å². The van der Waals surface area contributed by atoms with Crippen molar-refractivity contribution >= 4 is 30.3 Å². The Morgan fingerprint density at radius 3 is 2.09 bits per heavy atom. The highest BCUT2D eigenvalue weighted by Crippen LogP contribution is 2.51. The average Bonchev–Trinajstić information content (AvgIpc) is 3.71. The molecule has 0 bridgehead atoms. The van der Waals surface area contributed by atoms with Gasteiger partial charge in [-0.05, 0) is 72.8 Å². The van der Waals surface area contributed by atoms with Crippen molar-refractivity contribution in [2.75, 3.05) is 20.1 Å². The highest BCUT2D eigenvalue weighted by atomic mass is 31.1. The van der Waals surface area contributed by atoms with Gasteiger partial charge in [0, 0.05) is 36.4 Å². The van der Waals surface area contributed by atoms with E-state index in [1.807, 2.05) is 60.4 Å². The minimum absolute atomic E-state index is 0.0265. The summed E-state index contributed by atoms with van der Waals surface area (Å²) in [6.45, 7) is 3.43. The van der Waals surface area contributed by atoms with E-state index in [0.717, 1.165) is 72.9 Å². The molecular weight excluding hydrogens is 606 g/mol. The normalized spacial score (nSPS) is 13.9. The van der Waals surface area contributed by atoms with Crippen molar-refractivity contribution in [2.45, 2.75) is 68.2 Å². The fourth-order valence-corrected chi connectivity index (χ4v) is 6.93. The number of nitrogens with zero attached hydrogens (tertiary/aromatic N) is 1. The van der Waals surface area contributed by atoms with Crippen LogP contribution in [-0.2, 0) is 10.2 Å². The Morgan fingerprint density at radius 1 is 0.826 bits per heavy atom. The third-order valence-electron chi connectivity index (χ3n) is 9.36. The number of benzene rings is 3. The van der Waals surface area contributed by atoms with E-state index in [1.165, 1.54) is 0 Å². The van der Waals surface area contributed by atoms with E-state index in [2.05, 4.69) is 89.9 Å². The van der Waals surface area contributed by atoms with Gasteiger partial charge in [0.1, 0.15) is 5.41 Å². The average molecular weight is 655 g/mol. The molecule has 1 aliphatic rings. The van der Waals surface area contributed by atoms with Gasteiger partial charge in [0.05, 0.1) is 11.3 Å². The molecule has 242 valence electrons. The van der Waals surface area contributed by atoms with Crippen molar-refractivity contribution in [3.8, 4) is 16.8 Å². The number of fused-ring (bicyclic) bond motifs is 3. The zero-order chi connectivity index (χ0) is 32.6.